The number of rotatable bonds is 4. The molecule has 14 heavy (non-hydrogen) atoms. The molecule has 0 bridgehead atoms. The van der Waals surface area contributed by atoms with Gasteiger partial charge in [0, 0.05) is 19.3 Å². The van der Waals surface area contributed by atoms with E-state index in [2.05, 4.69) is 23.7 Å². The number of pyridine rings is 1. The first-order valence-corrected chi connectivity index (χ1v) is 4.97. The molecule has 0 aliphatic carbocycles. The van der Waals surface area contributed by atoms with Gasteiger partial charge in [-0.1, -0.05) is 13.0 Å². The predicted octanol–water partition coefficient (Wildman–Crippen LogP) is 1.81. The Bertz CT molecular complexity index is 271. The van der Waals surface area contributed by atoms with Crippen LogP contribution >= 0.6 is 0 Å². The molecule has 3 nitrogen and oxygen atoms in total. The number of anilines is 1. The monoisotopic (exact) mass is 194 g/mol. The maximum atomic E-state index is 8.87. The van der Waals surface area contributed by atoms with Gasteiger partial charge in [-0.25, -0.2) is 4.98 Å². The minimum absolute atomic E-state index is 0.0559. The van der Waals surface area contributed by atoms with E-state index in [0.29, 0.717) is 6.04 Å². The zero-order valence-corrected chi connectivity index (χ0v) is 9.07. The highest BCUT2D eigenvalue weighted by atomic mass is 16.3. The second kappa shape index (κ2) is 4.96. The van der Waals surface area contributed by atoms with E-state index in [1.54, 1.807) is 6.20 Å². The molecular weight excluding hydrogens is 176 g/mol. The minimum atomic E-state index is 0.0559. The summed E-state index contributed by atoms with van der Waals surface area (Å²) in [6.45, 7) is 4.38. The predicted molar refractivity (Wildman–Crippen MR) is 58.3 cm³/mol. The van der Waals surface area contributed by atoms with Gasteiger partial charge >= 0.3 is 0 Å². The van der Waals surface area contributed by atoms with E-state index in [1.165, 1.54) is 0 Å². The molecule has 0 fully saturated rings. The summed E-state index contributed by atoms with van der Waals surface area (Å²) in [6, 6.07) is 4.33. The molecular formula is C11H18N2O. The maximum absolute atomic E-state index is 8.87. The lowest BCUT2D eigenvalue weighted by Gasteiger charge is -2.24. The van der Waals surface area contributed by atoms with Crippen molar-refractivity contribution in [3.63, 3.8) is 0 Å². The van der Waals surface area contributed by atoms with Gasteiger partial charge in [0.1, 0.15) is 5.82 Å². The average Bonchev–Trinajstić information content (AvgIpc) is 2.27. The molecule has 3 heteroatoms. The van der Waals surface area contributed by atoms with Gasteiger partial charge in [-0.3, -0.25) is 0 Å². The fraction of sp³-hybridized carbons (Fsp3) is 0.545. The third-order valence-corrected chi connectivity index (χ3v) is 2.61. The van der Waals surface area contributed by atoms with Gasteiger partial charge in [0.05, 0.1) is 6.61 Å². The highest BCUT2D eigenvalue weighted by Gasteiger charge is 2.08. The van der Waals surface area contributed by atoms with E-state index in [4.69, 9.17) is 5.11 Å². The van der Waals surface area contributed by atoms with Crippen LogP contribution in [0.3, 0.4) is 0 Å². The Labute approximate surface area is 85.4 Å². The summed E-state index contributed by atoms with van der Waals surface area (Å²) in [5.74, 6) is 0.955. The van der Waals surface area contributed by atoms with Gasteiger partial charge < -0.3 is 10.0 Å². The van der Waals surface area contributed by atoms with Crippen molar-refractivity contribution in [2.24, 2.45) is 0 Å². The van der Waals surface area contributed by atoms with Crippen molar-refractivity contribution in [1.82, 2.24) is 4.98 Å². The third kappa shape index (κ3) is 2.45. The largest absolute Gasteiger partial charge is 0.392 e. The lowest BCUT2D eigenvalue weighted by atomic mass is 10.2. The zero-order valence-electron chi connectivity index (χ0n) is 9.07. The maximum Gasteiger partial charge on any atom is 0.128 e. The number of hydrogen-bond donors (Lipinski definition) is 1. The van der Waals surface area contributed by atoms with Crippen LogP contribution in [-0.4, -0.2) is 23.2 Å². The number of aliphatic hydroxyl groups excluding tert-OH is 1. The van der Waals surface area contributed by atoms with E-state index < -0.39 is 0 Å². The van der Waals surface area contributed by atoms with Crippen LogP contribution in [0.15, 0.2) is 18.3 Å². The van der Waals surface area contributed by atoms with E-state index >= 15 is 0 Å². The number of aromatic nitrogens is 1. The van der Waals surface area contributed by atoms with Crippen LogP contribution in [0.1, 0.15) is 25.8 Å². The summed E-state index contributed by atoms with van der Waals surface area (Å²) in [4.78, 5) is 6.42. The van der Waals surface area contributed by atoms with Crippen LogP contribution < -0.4 is 4.90 Å². The molecule has 0 aliphatic rings. The highest BCUT2D eigenvalue weighted by Crippen LogP contribution is 2.13. The summed E-state index contributed by atoms with van der Waals surface area (Å²) in [7, 11) is 2.04. The number of aliphatic hydroxyl groups is 1. The summed E-state index contributed by atoms with van der Waals surface area (Å²) in [5.41, 5.74) is 0.853. The van der Waals surface area contributed by atoms with Crippen molar-refractivity contribution >= 4 is 5.82 Å². The van der Waals surface area contributed by atoms with E-state index in [0.717, 1.165) is 17.8 Å². The minimum Gasteiger partial charge on any atom is -0.392 e. The second-order valence-electron chi connectivity index (χ2n) is 3.55. The first kappa shape index (κ1) is 11.0. The molecule has 0 amide bonds. The lowest BCUT2D eigenvalue weighted by Crippen LogP contribution is -2.28. The third-order valence-electron chi connectivity index (χ3n) is 2.61. The van der Waals surface area contributed by atoms with Crippen LogP contribution in [0, 0.1) is 0 Å². The Morgan fingerprint density at radius 1 is 1.50 bits per heavy atom. The molecule has 0 saturated heterocycles. The molecule has 78 valence electrons. The van der Waals surface area contributed by atoms with Crippen LogP contribution in [0.4, 0.5) is 5.82 Å². The Hall–Kier alpha value is -1.09. The normalized spacial score (nSPS) is 12.6. The zero-order chi connectivity index (χ0) is 10.6. The smallest absolute Gasteiger partial charge is 0.128 e. The molecule has 0 saturated carbocycles. The average molecular weight is 194 g/mol. The summed E-state index contributed by atoms with van der Waals surface area (Å²) in [6.07, 6.45) is 2.81. The van der Waals surface area contributed by atoms with Crippen molar-refractivity contribution in [3.05, 3.63) is 23.9 Å². The summed E-state index contributed by atoms with van der Waals surface area (Å²) >= 11 is 0. The molecule has 1 aromatic heterocycles. The number of hydrogen-bond acceptors (Lipinski definition) is 3. The van der Waals surface area contributed by atoms with Crippen LogP contribution in [0.25, 0.3) is 0 Å². The quantitative estimate of drug-likeness (QED) is 0.794. The fourth-order valence-electron chi connectivity index (χ4n) is 1.22. The molecule has 1 atom stereocenters. The Morgan fingerprint density at radius 2 is 2.21 bits per heavy atom. The first-order chi connectivity index (χ1) is 6.69. The number of nitrogens with zero attached hydrogens (tertiary/aromatic N) is 2. The lowest BCUT2D eigenvalue weighted by molar-refractivity contribution is 0.281. The first-order valence-electron chi connectivity index (χ1n) is 4.97. The van der Waals surface area contributed by atoms with Crippen molar-refractivity contribution < 1.29 is 5.11 Å². The van der Waals surface area contributed by atoms with Crippen molar-refractivity contribution in [2.75, 3.05) is 11.9 Å². The van der Waals surface area contributed by atoms with Gasteiger partial charge in [-0.2, -0.15) is 0 Å². The SMILES string of the molecule is CCC(C)N(C)c1ccc(CO)cn1. The van der Waals surface area contributed by atoms with Crippen molar-refractivity contribution in [2.45, 2.75) is 32.9 Å². The molecule has 0 radical (unpaired) electrons. The second-order valence-corrected chi connectivity index (χ2v) is 3.55. The van der Waals surface area contributed by atoms with Gasteiger partial charge in [0.2, 0.25) is 0 Å². The van der Waals surface area contributed by atoms with Crippen LogP contribution in [0.5, 0.6) is 0 Å². The van der Waals surface area contributed by atoms with E-state index in [-0.39, 0.29) is 6.61 Å². The topological polar surface area (TPSA) is 36.4 Å². The standard InChI is InChI=1S/C11H18N2O/c1-4-9(2)13(3)11-6-5-10(8-14)7-12-11/h5-7,9,14H,4,8H2,1-3H3. The Morgan fingerprint density at radius 3 is 2.64 bits per heavy atom. The van der Waals surface area contributed by atoms with Gasteiger partial charge in [0.25, 0.3) is 0 Å². The summed E-state index contributed by atoms with van der Waals surface area (Å²) in [5, 5.41) is 8.87. The molecule has 1 unspecified atom stereocenters. The Balaban J connectivity index is 2.75. The molecule has 0 aliphatic heterocycles. The van der Waals surface area contributed by atoms with Crippen LogP contribution in [0.2, 0.25) is 0 Å². The van der Waals surface area contributed by atoms with Gasteiger partial charge in [-0.15, -0.1) is 0 Å². The summed E-state index contributed by atoms with van der Waals surface area (Å²) < 4.78 is 0. The molecule has 0 aromatic carbocycles. The van der Waals surface area contributed by atoms with E-state index in [9.17, 15) is 0 Å². The van der Waals surface area contributed by atoms with E-state index in [1.807, 2.05) is 19.2 Å². The molecule has 1 aromatic rings. The van der Waals surface area contributed by atoms with Gasteiger partial charge in [0.15, 0.2) is 0 Å². The fourth-order valence-corrected chi connectivity index (χ4v) is 1.22. The highest BCUT2D eigenvalue weighted by molar-refractivity contribution is 5.39. The van der Waals surface area contributed by atoms with Crippen LogP contribution in [-0.2, 0) is 6.61 Å². The molecule has 0 spiro atoms. The molecule has 1 N–H and O–H groups in total. The molecule has 1 rings (SSSR count). The van der Waals surface area contributed by atoms with Crippen molar-refractivity contribution in [3.8, 4) is 0 Å². The molecule has 1 heterocycles. The van der Waals surface area contributed by atoms with Gasteiger partial charge in [-0.05, 0) is 25.0 Å². The van der Waals surface area contributed by atoms with Crippen molar-refractivity contribution in [1.29, 1.82) is 0 Å². The Kier molecular flexibility index (Phi) is 3.89.